The zero-order valence-electron chi connectivity index (χ0n) is 15.0. The Balaban J connectivity index is 1.81. The maximum Gasteiger partial charge on any atom is 0.224 e. The number of hydrogen-bond donors (Lipinski definition) is 2. The number of para-hydroxylation sites is 1. The van der Waals surface area contributed by atoms with E-state index in [0.717, 1.165) is 47.1 Å². The van der Waals surface area contributed by atoms with Crippen LogP contribution in [-0.4, -0.2) is 17.4 Å². The maximum absolute atomic E-state index is 12.5. The molecule has 0 radical (unpaired) electrons. The van der Waals surface area contributed by atoms with Crippen molar-refractivity contribution in [2.75, 3.05) is 6.54 Å². The summed E-state index contributed by atoms with van der Waals surface area (Å²) in [5.74, 6) is 0.765. The molecule has 0 atom stereocenters. The van der Waals surface area contributed by atoms with Crippen molar-refractivity contribution in [1.29, 1.82) is 0 Å². The van der Waals surface area contributed by atoms with Gasteiger partial charge in [0.1, 0.15) is 0 Å². The number of carbonyl (C=O) groups excluding carboxylic acids is 1. The summed E-state index contributed by atoms with van der Waals surface area (Å²) >= 11 is 0. The Morgan fingerprint density at radius 1 is 1.04 bits per heavy atom. The van der Waals surface area contributed by atoms with Gasteiger partial charge in [-0.05, 0) is 36.0 Å². The number of amides is 1. The molecule has 0 saturated heterocycles. The van der Waals surface area contributed by atoms with Crippen molar-refractivity contribution in [3.8, 4) is 11.3 Å². The van der Waals surface area contributed by atoms with Crippen molar-refractivity contribution in [1.82, 2.24) is 10.3 Å². The fourth-order valence-corrected chi connectivity index (χ4v) is 3.20. The van der Waals surface area contributed by atoms with Crippen LogP contribution in [0.4, 0.5) is 0 Å². The van der Waals surface area contributed by atoms with Gasteiger partial charge in [0.05, 0.1) is 12.1 Å². The number of rotatable bonds is 7. The van der Waals surface area contributed by atoms with Gasteiger partial charge in [0.2, 0.25) is 5.91 Å². The second kappa shape index (κ2) is 8.02. The standard InChI is InChI=1S/C22H26N2O/c1-16(2)9-8-14-23-21(25)15-19-18-12-6-7-13-20(18)24-22(19)17-10-4-3-5-11-17/h3-7,10-13,16,24H,8-9,14-15H2,1-2H3,(H,23,25). The van der Waals surface area contributed by atoms with Gasteiger partial charge in [0.15, 0.2) is 0 Å². The number of carbonyl (C=O) groups is 1. The van der Waals surface area contributed by atoms with Gasteiger partial charge in [-0.15, -0.1) is 0 Å². The zero-order valence-corrected chi connectivity index (χ0v) is 15.0. The first-order valence-electron chi connectivity index (χ1n) is 9.07. The van der Waals surface area contributed by atoms with Crippen LogP contribution < -0.4 is 5.32 Å². The Labute approximate surface area is 149 Å². The summed E-state index contributed by atoms with van der Waals surface area (Å²) in [7, 11) is 0. The third-order valence-electron chi connectivity index (χ3n) is 4.49. The molecule has 0 saturated carbocycles. The predicted octanol–water partition coefficient (Wildman–Crippen LogP) is 4.93. The van der Waals surface area contributed by atoms with Crippen molar-refractivity contribution in [3.63, 3.8) is 0 Å². The molecule has 0 fully saturated rings. The highest BCUT2D eigenvalue weighted by Gasteiger charge is 2.15. The third kappa shape index (κ3) is 4.30. The molecular weight excluding hydrogens is 308 g/mol. The molecule has 0 bridgehead atoms. The van der Waals surface area contributed by atoms with Gasteiger partial charge in [-0.3, -0.25) is 4.79 Å². The predicted molar refractivity (Wildman–Crippen MR) is 105 cm³/mol. The number of aromatic amines is 1. The van der Waals surface area contributed by atoms with Crippen molar-refractivity contribution >= 4 is 16.8 Å². The molecule has 2 N–H and O–H groups in total. The topological polar surface area (TPSA) is 44.9 Å². The lowest BCUT2D eigenvalue weighted by Crippen LogP contribution is -2.26. The maximum atomic E-state index is 12.5. The fraction of sp³-hybridized carbons (Fsp3) is 0.318. The van der Waals surface area contributed by atoms with E-state index < -0.39 is 0 Å². The Morgan fingerprint density at radius 3 is 2.52 bits per heavy atom. The third-order valence-corrected chi connectivity index (χ3v) is 4.49. The van der Waals surface area contributed by atoms with Gasteiger partial charge in [0, 0.05) is 17.4 Å². The van der Waals surface area contributed by atoms with Gasteiger partial charge in [0.25, 0.3) is 0 Å². The molecule has 3 rings (SSSR count). The van der Waals surface area contributed by atoms with Crippen molar-refractivity contribution < 1.29 is 4.79 Å². The van der Waals surface area contributed by atoms with Gasteiger partial charge >= 0.3 is 0 Å². The highest BCUT2D eigenvalue weighted by molar-refractivity contribution is 5.95. The molecule has 1 heterocycles. The zero-order chi connectivity index (χ0) is 17.6. The summed E-state index contributed by atoms with van der Waals surface area (Å²) in [4.78, 5) is 15.9. The Hall–Kier alpha value is -2.55. The van der Waals surface area contributed by atoms with Gasteiger partial charge in [-0.1, -0.05) is 62.4 Å². The van der Waals surface area contributed by atoms with Gasteiger partial charge in [-0.25, -0.2) is 0 Å². The molecule has 130 valence electrons. The molecule has 25 heavy (non-hydrogen) atoms. The lowest BCUT2D eigenvalue weighted by Gasteiger charge is -2.08. The first-order valence-corrected chi connectivity index (χ1v) is 9.07. The lowest BCUT2D eigenvalue weighted by molar-refractivity contribution is -0.120. The van der Waals surface area contributed by atoms with E-state index in [1.54, 1.807) is 0 Å². The Morgan fingerprint density at radius 2 is 1.76 bits per heavy atom. The SMILES string of the molecule is CC(C)CCCNC(=O)Cc1c(-c2ccccc2)[nH]c2ccccc12. The molecule has 1 aromatic heterocycles. The normalized spacial score (nSPS) is 11.2. The van der Waals surface area contributed by atoms with E-state index in [1.807, 2.05) is 30.3 Å². The number of fused-ring (bicyclic) bond motifs is 1. The van der Waals surface area contributed by atoms with Crippen LogP contribution in [0.5, 0.6) is 0 Å². The molecular formula is C22H26N2O. The van der Waals surface area contributed by atoms with E-state index in [0.29, 0.717) is 12.3 Å². The van der Waals surface area contributed by atoms with E-state index >= 15 is 0 Å². The summed E-state index contributed by atoms with van der Waals surface area (Å²) in [5.41, 5.74) is 4.30. The molecule has 1 amide bonds. The minimum absolute atomic E-state index is 0.0886. The summed E-state index contributed by atoms with van der Waals surface area (Å²) in [6.07, 6.45) is 2.57. The van der Waals surface area contributed by atoms with Crippen LogP contribution in [-0.2, 0) is 11.2 Å². The van der Waals surface area contributed by atoms with E-state index in [-0.39, 0.29) is 5.91 Å². The molecule has 0 aliphatic heterocycles. The van der Waals surface area contributed by atoms with Gasteiger partial charge in [-0.2, -0.15) is 0 Å². The van der Waals surface area contributed by atoms with Gasteiger partial charge < -0.3 is 10.3 Å². The second-order valence-electron chi connectivity index (χ2n) is 6.95. The van der Waals surface area contributed by atoms with Crippen LogP contribution in [0.15, 0.2) is 54.6 Å². The molecule has 3 nitrogen and oxygen atoms in total. The average Bonchev–Trinajstić information content (AvgIpc) is 2.98. The quantitative estimate of drug-likeness (QED) is 0.591. The van der Waals surface area contributed by atoms with Crippen molar-refractivity contribution in [2.45, 2.75) is 33.1 Å². The number of H-pyrrole nitrogens is 1. The lowest BCUT2D eigenvalue weighted by atomic mass is 10.0. The number of aromatic nitrogens is 1. The van der Waals surface area contributed by atoms with Crippen LogP contribution in [0, 0.1) is 5.92 Å². The average molecular weight is 334 g/mol. The van der Waals surface area contributed by atoms with E-state index in [2.05, 4.69) is 48.4 Å². The minimum atomic E-state index is 0.0886. The van der Waals surface area contributed by atoms with Crippen molar-refractivity contribution in [3.05, 3.63) is 60.2 Å². The number of benzene rings is 2. The molecule has 3 aromatic rings. The Bertz CT molecular complexity index is 834. The molecule has 2 aromatic carbocycles. The fourth-order valence-electron chi connectivity index (χ4n) is 3.20. The van der Waals surface area contributed by atoms with Crippen LogP contribution in [0.2, 0.25) is 0 Å². The monoisotopic (exact) mass is 334 g/mol. The van der Waals surface area contributed by atoms with E-state index in [9.17, 15) is 4.79 Å². The van der Waals surface area contributed by atoms with E-state index in [4.69, 9.17) is 0 Å². The first kappa shape index (κ1) is 17.3. The summed E-state index contributed by atoms with van der Waals surface area (Å²) in [6, 6.07) is 18.4. The summed E-state index contributed by atoms with van der Waals surface area (Å²) in [6.45, 7) is 5.17. The highest BCUT2D eigenvalue weighted by atomic mass is 16.1. The molecule has 0 unspecified atom stereocenters. The number of nitrogens with one attached hydrogen (secondary N) is 2. The van der Waals surface area contributed by atoms with Crippen LogP contribution >= 0.6 is 0 Å². The summed E-state index contributed by atoms with van der Waals surface area (Å²) in [5, 5.41) is 4.19. The minimum Gasteiger partial charge on any atom is -0.356 e. The molecule has 0 aliphatic rings. The molecule has 0 aliphatic carbocycles. The molecule has 3 heteroatoms. The summed E-state index contributed by atoms with van der Waals surface area (Å²) < 4.78 is 0. The first-order chi connectivity index (χ1) is 12.1. The highest BCUT2D eigenvalue weighted by Crippen LogP contribution is 2.30. The number of hydrogen-bond acceptors (Lipinski definition) is 1. The smallest absolute Gasteiger partial charge is 0.224 e. The van der Waals surface area contributed by atoms with E-state index in [1.165, 1.54) is 0 Å². The van der Waals surface area contributed by atoms with Crippen LogP contribution in [0.25, 0.3) is 22.2 Å². The Kier molecular flexibility index (Phi) is 5.54. The van der Waals surface area contributed by atoms with Crippen molar-refractivity contribution in [2.24, 2.45) is 5.92 Å². The van der Waals surface area contributed by atoms with Crippen LogP contribution in [0.1, 0.15) is 32.3 Å². The molecule has 0 spiro atoms. The second-order valence-corrected chi connectivity index (χ2v) is 6.95. The van der Waals surface area contributed by atoms with Crippen LogP contribution in [0.3, 0.4) is 0 Å². The largest absolute Gasteiger partial charge is 0.356 e.